The zero-order valence-electron chi connectivity index (χ0n) is 20.6. The minimum atomic E-state index is -0.156. The largest absolute Gasteiger partial charge is 0.493 e. The van der Waals surface area contributed by atoms with Crippen molar-refractivity contribution in [2.75, 3.05) is 26.7 Å². The first-order chi connectivity index (χ1) is 17.0. The van der Waals surface area contributed by atoms with Crippen molar-refractivity contribution in [1.82, 2.24) is 15.4 Å². The molecule has 2 aromatic heterocycles. The van der Waals surface area contributed by atoms with Gasteiger partial charge in [-0.15, -0.1) is 0 Å². The lowest BCUT2D eigenvalue weighted by molar-refractivity contribution is -0.116. The number of rotatable bonds is 10. The number of aryl methyl sites for hydroxylation is 2. The van der Waals surface area contributed by atoms with E-state index in [2.05, 4.69) is 15.4 Å². The van der Waals surface area contributed by atoms with Crippen LogP contribution in [0.3, 0.4) is 0 Å². The molecule has 0 aliphatic carbocycles. The van der Waals surface area contributed by atoms with Crippen LogP contribution in [0, 0.1) is 13.8 Å². The molecule has 0 radical (unpaired) electrons. The first-order valence-electron chi connectivity index (χ1n) is 12.0. The molecule has 4 rings (SSSR count). The second kappa shape index (κ2) is 11.8. The summed E-state index contributed by atoms with van der Waals surface area (Å²) in [5.41, 5.74) is 2.56. The van der Waals surface area contributed by atoms with Gasteiger partial charge in [0, 0.05) is 12.6 Å². The molecule has 1 aromatic carbocycles. The Labute approximate surface area is 205 Å². The number of methoxy groups -OCH3 is 1. The van der Waals surface area contributed by atoms with Gasteiger partial charge in [0.2, 0.25) is 5.91 Å². The van der Waals surface area contributed by atoms with Crippen LogP contribution in [0.5, 0.6) is 11.5 Å². The highest BCUT2D eigenvalue weighted by Crippen LogP contribution is 2.30. The molecule has 3 aromatic rings. The van der Waals surface area contributed by atoms with Crippen molar-refractivity contribution in [1.29, 1.82) is 0 Å². The first-order valence-corrected chi connectivity index (χ1v) is 12.0. The van der Waals surface area contributed by atoms with Gasteiger partial charge in [-0.3, -0.25) is 9.69 Å². The van der Waals surface area contributed by atoms with E-state index in [0.717, 1.165) is 41.4 Å². The molecule has 1 amide bonds. The van der Waals surface area contributed by atoms with Crippen LogP contribution < -0.4 is 14.8 Å². The molecule has 35 heavy (non-hydrogen) atoms. The summed E-state index contributed by atoms with van der Waals surface area (Å²) in [6, 6.07) is 9.46. The van der Waals surface area contributed by atoms with Crippen LogP contribution in [0.25, 0.3) is 6.08 Å². The average Bonchev–Trinajstić information content (AvgIpc) is 3.52. The number of aromatic nitrogens is 1. The van der Waals surface area contributed by atoms with Gasteiger partial charge in [0.15, 0.2) is 11.5 Å². The Kier molecular flexibility index (Phi) is 8.26. The maximum absolute atomic E-state index is 12.6. The molecule has 3 heterocycles. The molecule has 1 fully saturated rings. The van der Waals surface area contributed by atoms with Gasteiger partial charge in [-0.25, -0.2) is 0 Å². The summed E-state index contributed by atoms with van der Waals surface area (Å²) in [5, 5.41) is 6.98. The Hall–Kier alpha value is -3.52. The maximum atomic E-state index is 12.6. The molecule has 1 atom stereocenters. The van der Waals surface area contributed by atoms with Crippen LogP contribution in [-0.4, -0.2) is 42.7 Å². The molecule has 186 valence electrons. The lowest BCUT2D eigenvalue weighted by Gasteiger charge is -2.33. The summed E-state index contributed by atoms with van der Waals surface area (Å²) in [6.45, 7) is 6.60. The summed E-state index contributed by atoms with van der Waals surface area (Å²) in [5.74, 6) is 2.66. The smallest absolute Gasteiger partial charge is 0.244 e. The first kappa shape index (κ1) is 24.6. The minimum absolute atomic E-state index is 0.0388. The number of nitrogens with zero attached hydrogens (tertiary/aromatic N) is 2. The van der Waals surface area contributed by atoms with E-state index >= 15 is 0 Å². The predicted octanol–water partition coefficient (Wildman–Crippen LogP) is 4.83. The van der Waals surface area contributed by atoms with Gasteiger partial charge >= 0.3 is 0 Å². The highest BCUT2D eigenvalue weighted by Gasteiger charge is 2.24. The molecule has 1 saturated heterocycles. The number of nitrogens with one attached hydrogen (secondary N) is 1. The number of benzene rings is 1. The fourth-order valence-corrected chi connectivity index (χ4v) is 4.31. The van der Waals surface area contributed by atoms with Crippen LogP contribution in [0.15, 0.2) is 51.6 Å². The van der Waals surface area contributed by atoms with Crippen LogP contribution >= 0.6 is 0 Å². The van der Waals surface area contributed by atoms with Gasteiger partial charge in [0.05, 0.1) is 30.7 Å². The van der Waals surface area contributed by atoms with E-state index in [1.165, 1.54) is 25.3 Å². The average molecular weight is 480 g/mol. The minimum Gasteiger partial charge on any atom is -0.493 e. The van der Waals surface area contributed by atoms with Crippen molar-refractivity contribution in [3.8, 4) is 11.5 Å². The maximum Gasteiger partial charge on any atom is 0.244 e. The molecule has 0 spiro atoms. The molecule has 1 aliphatic rings. The number of furan rings is 1. The van der Waals surface area contributed by atoms with Crippen molar-refractivity contribution >= 4 is 12.0 Å². The van der Waals surface area contributed by atoms with Crippen molar-refractivity contribution in [2.24, 2.45) is 0 Å². The SMILES string of the molecule is COc1cc(/C=C/C(=O)NCC(c2ccco2)N2CCCCC2)ccc1OCc1c(C)noc1C. The Balaban J connectivity index is 1.35. The van der Waals surface area contributed by atoms with Crippen molar-refractivity contribution in [3.63, 3.8) is 0 Å². The van der Waals surface area contributed by atoms with Crippen LogP contribution in [0.4, 0.5) is 0 Å². The summed E-state index contributed by atoms with van der Waals surface area (Å²) in [4.78, 5) is 15.0. The zero-order valence-corrected chi connectivity index (χ0v) is 20.6. The third-order valence-corrected chi connectivity index (χ3v) is 6.34. The summed E-state index contributed by atoms with van der Waals surface area (Å²) in [6.07, 6.45) is 8.58. The third-order valence-electron chi connectivity index (χ3n) is 6.34. The highest BCUT2D eigenvalue weighted by molar-refractivity contribution is 5.91. The topological polar surface area (TPSA) is 90.0 Å². The fourth-order valence-electron chi connectivity index (χ4n) is 4.31. The quantitative estimate of drug-likeness (QED) is 0.417. The number of ether oxygens (including phenoxy) is 2. The Bertz CT molecular complexity index is 1110. The van der Waals surface area contributed by atoms with Crippen LogP contribution in [-0.2, 0) is 11.4 Å². The third kappa shape index (κ3) is 6.33. The molecular formula is C27H33N3O5. The summed E-state index contributed by atoms with van der Waals surface area (Å²) >= 11 is 0. The van der Waals surface area contributed by atoms with E-state index in [9.17, 15) is 4.79 Å². The molecule has 8 heteroatoms. The van der Waals surface area contributed by atoms with E-state index < -0.39 is 0 Å². The lowest BCUT2D eigenvalue weighted by atomic mass is 10.1. The molecule has 8 nitrogen and oxygen atoms in total. The number of hydrogen-bond acceptors (Lipinski definition) is 7. The van der Waals surface area contributed by atoms with Gasteiger partial charge in [-0.05, 0) is 75.7 Å². The lowest BCUT2D eigenvalue weighted by Crippen LogP contribution is -2.40. The Morgan fingerprint density at radius 1 is 1.20 bits per heavy atom. The Morgan fingerprint density at radius 2 is 2.03 bits per heavy atom. The summed E-state index contributed by atoms with van der Waals surface area (Å²) < 4.78 is 22.3. The molecule has 1 unspecified atom stereocenters. The van der Waals surface area contributed by atoms with E-state index in [1.54, 1.807) is 19.4 Å². The normalized spacial score (nSPS) is 15.3. The van der Waals surface area contributed by atoms with Crippen LogP contribution in [0.1, 0.15) is 53.6 Å². The van der Waals surface area contributed by atoms with E-state index in [-0.39, 0.29) is 11.9 Å². The van der Waals surface area contributed by atoms with Gasteiger partial charge in [-0.1, -0.05) is 17.6 Å². The van der Waals surface area contributed by atoms with Gasteiger partial charge in [0.1, 0.15) is 18.1 Å². The monoisotopic (exact) mass is 479 g/mol. The molecule has 1 N–H and O–H groups in total. The number of hydrogen-bond donors (Lipinski definition) is 1. The predicted molar refractivity (Wildman–Crippen MR) is 132 cm³/mol. The van der Waals surface area contributed by atoms with E-state index in [0.29, 0.717) is 24.7 Å². The Morgan fingerprint density at radius 3 is 2.71 bits per heavy atom. The molecular weight excluding hydrogens is 446 g/mol. The molecule has 0 saturated carbocycles. The second-order valence-corrected chi connectivity index (χ2v) is 8.71. The standard InChI is InChI=1S/C27H33N3O5/c1-19-22(20(2)35-29-19)18-34-25-11-9-21(16-26(25)32-3)10-12-27(31)28-17-23(24-8-7-15-33-24)30-13-5-4-6-14-30/h7-12,15-16,23H,4-6,13-14,17-18H2,1-3H3,(H,28,31)/b12-10+. The number of likely N-dealkylation sites (tertiary alicyclic amines) is 1. The number of carbonyl (C=O) groups is 1. The zero-order chi connectivity index (χ0) is 24.6. The highest BCUT2D eigenvalue weighted by atomic mass is 16.5. The van der Waals surface area contributed by atoms with Crippen molar-refractivity contribution in [3.05, 3.63) is 71.0 Å². The number of amides is 1. The van der Waals surface area contributed by atoms with Gasteiger partial charge < -0.3 is 23.7 Å². The van der Waals surface area contributed by atoms with Crippen LogP contribution in [0.2, 0.25) is 0 Å². The number of carbonyl (C=O) groups excluding carboxylic acids is 1. The molecule has 0 bridgehead atoms. The van der Waals surface area contributed by atoms with E-state index in [4.69, 9.17) is 18.4 Å². The van der Waals surface area contributed by atoms with Crippen molar-refractivity contribution in [2.45, 2.75) is 45.8 Å². The van der Waals surface area contributed by atoms with Gasteiger partial charge in [0.25, 0.3) is 0 Å². The number of piperidine rings is 1. The fraction of sp³-hybridized carbons (Fsp3) is 0.407. The van der Waals surface area contributed by atoms with Crippen molar-refractivity contribution < 1.29 is 23.2 Å². The van der Waals surface area contributed by atoms with Gasteiger partial charge in [-0.2, -0.15) is 0 Å². The molecule has 1 aliphatic heterocycles. The van der Waals surface area contributed by atoms with E-state index in [1.807, 2.05) is 44.2 Å². The second-order valence-electron chi connectivity index (χ2n) is 8.71. The summed E-state index contributed by atoms with van der Waals surface area (Å²) in [7, 11) is 1.59.